The van der Waals surface area contributed by atoms with Crippen molar-refractivity contribution < 1.29 is 4.79 Å². The van der Waals surface area contributed by atoms with Gasteiger partial charge in [-0.2, -0.15) is 0 Å². The van der Waals surface area contributed by atoms with E-state index in [4.69, 9.17) is 5.73 Å². The third-order valence-corrected chi connectivity index (χ3v) is 2.89. The molecule has 2 aromatic carbocycles. The quantitative estimate of drug-likeness (QED) is 0.812. The van der Waals surface area contributed by atoms with Gasteiger partial charge in [-0.1, -0.05) is 42.5 Å². The van der Waals surface area contributed by atoms with E-state index in [2.05, 4.69) is 0 Å². The van der Waals surface area contributed by atoms with E-state index in [-0.39, 0.29) is 12.5 Å². The van der Waals surface area contributed by atoms with Crippen LogP contribution in [0.15, 0.2) is 54.6 Å². The molecule has 0 bridgehead atoms. The topological polar surface area (TPSA) is 44.1 Å². The van der Waals surface area contributed by atoms with Crippen LogP contribution in [0.2, 0.25) is 0 Å². The molecule has 0 aromatic heterocycles. The minimum Gasteiger partial charge on any atom is -0.314 e. The van der Waals surface area contributed by atoms with Crippen LogP contribution >= 0.6 is 0 Å². The summed E-state index contributed by atoms with van der Waals surface area (Å²) in [5.41, 5.74) is 10.2. The van der Waals surface area contributed by atoms with E-state index >= 15 is 0 Å². The molecule has 0 fully saturated rings. The Hall–Kier alpha value is -2.13. The standard InChI is InChI=1S/C15H15N2O/c1-17(15(18)11-16)14-9-7-13(8-10-14)12-5-3-2-4-6-12/h2-10,16H,11H2,1H3. The summed E-state index contributed by atoms with van der Waals surface area (Å²) in [5.74, 6) is -0.206. The van der Waals surface area contributed by atoms with Gasteiger partial charge in [0.25, 0.3) is 0 Å². The lowest BCUT2D eigenvalue weighted by Gasteiger charge is -2.16. The van der Waals surface area contributed by atoms with Gasteiger partial charge in [0.15, 0.2) is 0 Å². The van der Waals surface area contributed by atoms with Crippen molar-refractivity contribution in [1.29, 1.82) is 0 Å². The Labute approximate surface area is 107 Å². The summed E-state index contributed by atoms with van der Waals surface area (Å²) in [6, 6.07) is 17.8. The van der Waals surface area contributed by atoms with E-state index in [0.29, 0.717) is 0 Å². The Bertz CT molecular complexity index is 520. The van der Waals surface area contributed by atoms with E-state index in [9.17, 15) is 4.79 Å². The molecule has 0 aliphatic carbocycles. The zero-order valence-electron chi connectivity index (χ0n) is 10.3. The Morgan fingerprint density at radius 3 is 2.11 bits per heavy atom. The van der Waals surface area contributed by atoms with Crippen molar-refractivity contribution in [3.63, 3.8) is 0 Å². The predicted molar refractivity (Wildman–Crippen MR) is 73.3 cm³/mol. The monoisotopic (exact) mass is 239 g/mol. The zero-order valence-corrected chi connectivity index (χ0v) is 10.3. The van der Waals surface area contributed by atoms with Crippen LogP contribution in [0, 0.1) is 0 Å². The number of amides is 1. The number of hydrogen-bond donors (Lipinski definition) is 0. The first-order chi connectivity index (χ1) is 8.72. The maximum atomic E-state index is 11.4. The normalized spacial score (nSPS) is 10.1. The van der Waals surface area contributed by atoms with Gasteiger partial charge in [0.2, 0.25) is 5.91 Å². The van der Waals surface area contributed by atoms with E-state index in [1.54, 1.807) is 7.05 Å². The van der Waals surface area contributed by atoms with Crippen molar-refractivity contribution in [2.45, 2.75) is 0 Å². The van der Waals surface area contributed by atoms with Crippen LogP contribution in [0.25, 0.3) is 11.1 Å². The third-order valence-electron chi connectivity index (χ3n) is 2.89. The molecule has 91 valence electrons. The number of anilines is 1. The SMILES string of the molecule is CN(C(=O)C[NH])c1ccc(-c2ccccc2)cc1. The maximum absolute atomic E-state index is 11.4. The van der Waals surface area contributed by atoms with Crippen LogP contribution in [0.5, 0.6) is 0 Å². The highest BCUT2D eigenvalue weighted by molar-refractivity contribution is 5.94. The van der Waals surface area contributed by atoms with Crippen molar-refractivity contribution in [3.05, 3.63) is 54.6 Å². The first-order valence-corrected chi connectivity index (χ1v) is 5.79. The van der Waals surface area contributed by atoms with Crippen molar-refractivity contribution >= 4 is 11.6 Å². The molecule has 2 aromatic rings. The highest BCUT2D eigenvalue weighted by Gasteiger charge is 2.08. The molecular formula is C15H15N2O. The van der Waals surface area contributed by atoms with Gasteiger partial charge in [-0.3, -0.25) is 4.79 Å². The number of benzene rings is 2. The van der Waals surface area contributed by atoms with Crippen molar-refractivity contribution in [2.24, 2.45) is 0 Å². The Balaban J connectivity index is 2.23. The number of hydrogen-bond acceptors (Lipinski definition) is 1. The van der Waals surface area contributed by atoms with Gasteiger partial charge in [-0.05, 0) is 23.3 Å². The fourth-order valence-corrected chi connectivity index (χ4v) is 1.77. The molecule has 3 heteroatoms. The van der Waals surface area contributed by atoms with Crippen LogP contribution in [0.1, 0.15) is 0 Å². The highest BCUT2D eigenvalue weighted by atomic mass is 16.2. The largest absolute Gasteiger partial charge is 0.314 e. The first-order valence-electron chi connectivity index (χ1n) is 5.79. The summed E-state index contributed by atoms with van der Waals surface area (Å²) in [6.07, 6.45) is 0. The molecule has 0 unspecified atom stereocenters. The fraction of sp³-hybridized carbons (Fsp3) is 0.133. The summed E-state index contributed by atoms with van der Waals surface area (Å²) in [4.78, 5) is 12.9. The molecule has 0 heterocycles. The maximum Gasteiger partial charge on any atom is 0.242 e. The second-order valence-corrected chi connectivity index (χ2v) is 4.04. The van der Waals surface area contributed by atoms with Gasteiger partial charge in [0, 0.05) is 12.7 Å². The predicted octanol–water partition coefficient (Wildman–Crippen LogP) is 2.60. The van der Waals surface area contributed by atoms with Crippen LogP contribution < -0.4 is 10.6 Å². The Morgan fingerprint density at radius 1 is 1.00 bits per heavy atom. The smallest absolute Gasteiger partial charge is 0.242 e. The fourth-order valence-electron chi connectivity index (χ4n) is 1.77. The van der Waals surface area contributed by atoms with Crippen LogP contribution in [-0.2, 0) is 4.79 Å². The minimum atomic E-state index is -0.225. The van der Waals surface area contributed by atoms with E-state index in [1.165, 1.54) is 4.90 Å². The minimum absolute atomic E-state index is 0.206. The second-order valence-electron chi connectivity index (χ2n) is 4.04. The summed E-state index contributed by atoms with van der Waals surface area (Å²) in [6.45, 7) is -0.225. The molecule has 18 heavy (non-hydrogen) atoms. The lowest BCUT2D eigenvalue weighted by Crippen LogP contribution is -2.29. The molecule has 1 radical (unpaired) electrons. The molecule has 2 rings (SSSR count). The summed E-state index contributed by atoms with van der Waals surface area (Å²) < 4.78 is 0. The van der Waals surface area contributed by atoms with Crippen LogP contribution in [0.3, 0.4) is 0 Å². The molecule has 0 saturated heterocycles. The molecule has 3 nitrogen and oxygen atoms in total. The number of carbonyl (C=O) groups is 1. The third kappa shape index (κ3) is 2.57. The van der Waals surface area contributed by atoms with Crippen molar-refractivity contribution in [3.8, 4) is 11.1 Å². The summed E-state index contributed by atoms with van der Waals surface area (Å²) in [7, 11) is 1.69. The lowest BCUT2D eigenvalue weighted by molar-refractivity contribution is -0.117. The number of rotatable bonds is 3. The average molecular weight is 239 g/mol. The number of nitrogens with zero attached hydrogens (tertiary/aromatic N) is 1. The van der Waals surface area contributed by atoms with Crippen LogP contribution in [-0.4, -0.2) is 19.5 Å². The Kier molecular flexibility index (Phi) is 3.75. The van der Waals surface area contributed by atoms with Crippen molar-refractivity contribution in [1.82, 2.24) is 5.73 Å². The van der Waals surface area contributed by atoms with Gasteiger partial charge >= 0.3 is 0 Å². The van der Waals surface area contributed by atoms with E-state index in [0.717, 1.165) is 16.8 Å². The average Bonchev–Trinajstić information content (AvgIpc) is 2.47. The highest BCUT2D eigenvalue weighted by Crippen LogP contribution is 2.22. The molecule has 0 aliphatic heterocycles. The van der Waals surface area contributed by atoms with E-state index in [1.807, 2.05) is 54.6 Å². The van der Waals surface area contributed by atoms with Gasteiger partial charge < -0.3 is 4.90 Å². The number of nitrogens with one attached hydrogen (secondary N) is 1. The first kappa shape index (κ1) is 12.3. The zero-order chi connectivity index (χ0) is 13.0. The van der Waals surface area contributed by atoms with Gasteiger partial charge in [0.05, 0.1) is 6.54 Å². The van der Waals surface area contributed by atoms with Gasteiger partial charge in [-0.15, -0.1) is 0 Å². The summed E-state index contributed by atoms with van der Waals surface area (Å²) in [5, 5.41) is 0. The van der Waals surface area contributed by atoms with E-state index < -0.39 is 0 Å². The summed E-state index contributed by atoms with van der Waals surface area (Å²) >= 11 is 0. The van der Waals surface area contributed by atoms with Gasteiger partial charge in [-0.25, -0.2) is 5.73 Å². The van der Waals surface area contributed by atoms with Gasteiger partial charge in [0.1, 0.15) is 0 Å². The molecule has 1 N–H and O–H groups in total. The Morgan fingerprint density at radius 2 is 1.56 bits per heavy atom. The van der Waals surface area contributed by atoms with Crippen molar-refractivity contribution in [2.75, 3.05) is 18.5 Å². The lowest BCUT2D eigenvalue weighted by atomic mass is 10.1. The molecular weight excluding hydrogens is 224 g/mol. The molecule has 0 spiro atoms. The number of carbonyl (C=O) groups excluding carboxylic acids is 1. The molecule has 0 aliphatic rings. The second kappa shape index (κ2) is 5.47. The molecule has 0 atom stereocenters. The molecule has 0 saturated carbocycles. The molecule has 1 amide bonds. The number of likely N-dealkylation sites (N-methyl/N-ethyl adjacent to an activating group) is 1. The van der Waals surface area contributed by atoms with Crippen LogP contribution in [0.4, 0.5) is 5.69 Å².